The van der Waals surface area contributed by atoms with Crippen LogP contribution < -0.4 is 5.56 Å². The first kappa shape index (κ1) is 12.6. The van der Waals surface area contributed by atoms with Gasteiger partial charge in [-0.3, -0.25) is 4.79 Å². The number of carboxylic acid groups (broad SMARTS) is 1. The molecule has 0 saturated carbocycles. The predicted molar refractivity (Wildman–Crippen MR) is 63.9 cm³/mol. The molecule has 0 amide bonds. The Labute approximate surface area is 98.0 Å². The monoisotopic (exact) mass is 232 g/mol. The van der Waals surface area contributed by atoms with Crippen molar-refractivity contribution in [1.29, 1.82) is 0 Å². The van der Waals surface area contributed by atoms with Crippen LogP contribution >= 0.6 is 0 Å². The van der Waals surface area contributed by atoms with Crippen LogP contribution in [0, 0.1) is 0 Å². The Hall–Kier alpha value is -2.43. The molecular formula is C12H12N2O3. The maximum atomic E-state index is 11.5. The molecule has 0 radical (unpaired) electrons. The van der Waals surface area contributed by atoms with Crippen LogP contribution in [0.15, 0.2) is 53.9 Å². The third-order valence-electron chi connectivity index (χ3n) is 2.01. The zero-order chi connectivity index (χ0) is 12.8. The fraction of sp³-hybridized carbons (Fsp3) is 0.0833. The van der Waals surface area contributed by atoms with E-state index < -0.39 is 5.97 Å². The van der Waals surface area contributed by atoms with Crippen LogP contribution in [0.1, 0.15) is 10.5 Å². The Morgan fingerprint density at radius 2 is 2.18 bits per heavy atom. The van der Waals surface area contributed by atoms with Gasteiger partial charge in [0, 0.05) is 6.07 Å². The van der Waals surface area contributed by atoms with E-state index in [2.05, 4.69) is 18.3 Å². The van der Waals surface area contributed by atoms with Crippen LogP contribution in [0.2, 0.25) is 0 Å². The Morgan fingerprint density at radius 1 is 1.47 bits per heavy atom. The number of aromatic carboxylic acids is 1. The normalized spacial score (nSPS) is 10.9. The van der Waals surface area contributed by atoms with Crippen molar-refractivity contribution in [3.8, 4) is 0 Å². The zero-order valence-electron chi connectivity index (χ0n) is 9.17. The average molecular weight is 232 g/mol. The molecule has 0 aliphatic carbocycles. The molecule has 88 valence electrons. The van der Waals surface area contributed by atoms with Crippen LogP contribution in [0.3, 0.4) is 0 Å². The van der Waals surface area contributed by atoms with E-state index in [0.29, 0.717) is 0 Å². The summed E-state index contributed by atoms with van der Waals surface area (Å²) in [6, 6.07) is 2.34. The van der Waals surface area contributed by atoms with Gasteiger partial charge in [-0.15, -0.1) is 0 Å². The summed E-state index contributed by atoms with van der Waals surface area (Å²) in [4.78, 5) is 22.2. The van der Waals surface area contributed by atoms with Crippen molar-refractivity contribution in [3.05, 3.63) is 65.1 Å². The molecule has 0 unspecified atom stereocenters. The quantitative estimate of drug-likeness (QED) is 0.775. The standard InChI is InChI=1S/C12H12N2O3/c1-3-5-9(4-2)8-14-11(15)7-6-10(13-14)12(16)17/h3-7H,1-2,8H2,(H,16,17)/b9-5+. The third kappa shape index (κ3) is 3.27. The molecule has 0 aliphatic rings. The smallest absolute Gasteiger partial charge is 0.356 e. The molecule has 1 aromatic heterocycles. The molecule has 0 atom stereocenters. The van der Waals surface area contributed by atoms with E-state index in [-0.39, 0.29) is 17.8 Å². The topological polar surface area (TPSA) is 72.2 Å². The minimum atomic E-state index is -1.17. The average Bonchev–Trinajstić information content (AvgIpc) is 2.30. The van der Waals surface area contributed by atoms with Crippen LogP contribution in [0.4, 0.5) is 0 Å². The molecule has 1 heterocycles. The second-order valence-corrected chi connectivity index (χ2v) is 3.20. The molecule has 0 saturated heterocycles. The van der Waals surface area contributed by atoms with Gasteiger partial charge in [-0.25, -0.2) is 9.48 Å². The molecule has 0 aromatic carbocycles. The van der Waals surface area contributed by atoms with Crippen molar-refractivity contribution in [2.24, 2.45) is 0 Å². The summed E-state index contributed by atoms with van der Waals surface area (Å²) < 4.78 is 1.07. The summed E-state index contributed by atoms with van der Waals surface area (Å²) >= 11 is 0. The Kier molecular flexibility index (Phi) is 4.16. The van der Waals surface area contributed by atoms with Crippen LogP contribution in [-0.4, -0.2) is 20.9 Å². The summed E-state index contributed by atoms with van der Waals surface area (Å²) in [6.07, 6.45) is 4.79. The highest BCUT2D eigenvalue weighted by atomic mass is 16.4. The number of allylic oxidation sites excluding steroid dienone is 4. The van der Waals surface area contributed by atoms with Crippen molar-refractivity contribution in [3.63, 3.8) is 0 Å². The highest BCUT2D eigenvalue weighted by Crippen LogP contribution is 1.99. The van der Waals surface area contributed by atoms with Gasteiger partial charge in [-0.05, 0) is 11.6 Å². The highest BCUT2D eigenvalue weighted by molar-refractivity contribution is 5.84. The lowest BCUT2D eigenvalue weighted by Crippen LogP contribution is -2.24. The van der Waals surface area contributed by atoms with Gasteiger partial charge < -0.3 is 5.11 Å². The summed E-state index contributed by atoms with van der Waals surface area (Å²) in [5.41, 5.74) is 0.176. The van der Waals surface area contributed by atoms with Crippen molar-refractivity contribution in [2.45, 2.75) is 6.54 Å². The Morgan fingerprint density at radius 3 is 2.71 bits per heavy atom. The number of rotatable bonds is 5. The van der Waals surface area contributed by atoms with Gasteiger partial charge in [-0.1, -0.05) is 31.4 Å². The Balaban J connectivity index is 3.13. The van der Waals surface area contributed by atoms with E-state index in [1.165, 1.54) is 12.1 Å². The van der Waals surface area contributed by atoms with E-state index >= 15 is 0 Å². The molecule has 5 nitrogen and oxygen atoms in total. The van der Waals surface area contributed by atoms with Crippen molar-refractivity contribution in [1.82, 2.24) is 9.78 Å². The van der Waals surface area contributed by atoms with E-state index in [9.17, 15) is 9.59 Å². The first-order valence-electron chi connectivity index (χ1n) is 4.84. The fourth-order valence-electron chi connectivity index (χ4n) is 1.19. The minimum Gasteiger partial charge on any atom is -0.476 e. The number of hydrogen-bond acceptors (Lipinski definition) is 3. The van der Waals surface area contributed by atoms with E-state index in [0.717, 1.165) is 10.3 Å². The van der Waals surface area contributed by atoms with Crippen LogP contribution in [-0.2, 0) is 6.54 Å². The molecule has 0 spiro atoms. The number of carboxylic acids is 1. The molecule has 0 aliphatic heterocycles. The molecule has 5 heteroatoms. The predicted octanol–water partition coefficient (Wildman–Crippen LogP) is 1.24. The molecular weight excluding hydrogens is 220 g/mol. The molecule has 17 heavy (non-hydrogen) atoms. The lowest BCUT2D eigenvalue weighted by Gasteiger charge is -2.05. The largest absolute Gasteiger partial charge is 0.476 e. The summed E-state index contributed by atoms with van der Waals surface area (Å²) in [6.45, 7) is 7.28. The van der Waals surface area contributed by atoms with E-state index in [4.69, 9.17) is 5.11 Å². The highest BCUT2D eigenvalue weighted by Gasteiger charge is 2.07. The van der Waals surface area contributed by atoms with Gasteiger partial charge in [0.05, 0.1) is 6.54 Å². The van der Waals surface area contributed by atoms with Crippen molar-refractivity contribution >= 4 is 5.97 Å². The maximum absolute atomic E-state index is 11.5. The molecule has 1 aromatic rings. The first-order chi connectivity index (χ1) is 8.08. The summed E-state index contributed by atoms with van der Waals surface area (Å²) in [5, 5.41) is 12.5. The van der Waals surface area contributed by atoms with Gasteiger partial charge in [0.1, 0.15) is 0 Å². The van der Waals surface area contributed by atoms with Gasteiger partial charge in [0.25, 0.3) is 5.56 Å². The molecule has 0 fully saturated rings. The van der Waals surface area contributed by atoms with Gasteiger partial charge in [0.15, 0.2) is 5.69 Å². The fourth-order valence-corrected chi connectivity index (χ4v) is 1.19. The summed E-state index contributed by atoms with van der Waals surface area (Å²) in [7, 11) is 0. The SMILES string of the molecule is C=C/C=C(\C=C)Cn1nc(C(=O)O)ccc1=O. The van der Waals surface area contributed by atoms with Crippen molar-refractivity contribution < 1.29 is 9.90 Å². The number of hydrogen-bond donors (Lipinski definition) is 1. The van der Waals surface area contributed by atoms with Gasteiger partial charge in [0.2, 0.25) is 0 Å². The maximum Gasteiger partial charge on any atom is 0.356 e. The minimum absolute atomic E-state index is 0.162. The van der Waals surface area contributed by atoms with E-state index in [1.807, 2.05) is 0 Å². The molecule has 1 rings (SSSR count). The zero-order valence-corrected chi connectivity index (χ0v) is 9.17. The second kappa shape index (κ2) is 5.60. The number of nitrogens with zero attached hydrogens (tertiary/aromatic N) is 2. The van der Waals surface area contributed by atoms with Gasteiger partial charge in [-0.2, -0.15) is 5.10 Å². The lowest BCUT2D eigenvalue weighted by molar-refractivity contribution is 0.0687. The van der Waals surface area contributed by atoms with Crippen LogP contribution in [0.25, 0.3) is 0 Å². The molecule has 1 N–H and O–H groups in total. The third-order valence-corrected chi connectivity index (χ3v) is 2.01. The van der Waals surface area contributed by atoms with Gasteiger partial charge >= 0.3 is 5.97 Å². The van der Waals surface area contributed by atoms with Crippen molar-refractivity contribution in [2.75, 3.05) is 0 Å². The summed E-state index contributed by atoms with van der Waals surface area (Å²) in [5.74, 6) is -1.17. The first-order valence-corrected chi connectivity index (χ1v) is 4.84. The number of carbonyl (C=O) groups is 1. The second-order valence-electron chi connectivity index (χ2n) is 3.20. The lowest BCUT2D eigenvalue weighted by atomic mass is 10.2. The Bertz CT molecular complexity index is 541. The number of aromatic nitrogens is 2. The van der Waals surface area contributed by atoms with E-state index in [1.54, 1.807) is 18.2 Å². The molecule has 0 bridgehead atoms. The van der Waals surface area contributed by atoms with Crippen LogP contribution in [0.5, 0.6) is 0 Å².